The summed E-state index contributed by atoms with van der Waals surface area (Å²) in [5, 5.41) is 14.6. The van der Waals surface area contributed by atoms with E-state index in [1.807, 2.05) is 44.3 Å². The van der Waals surface area contributed by atoms with Gasteiger partial charge >= 0.3 is 5.97 Å². The van der Waals surface area contributed by atoms with Crippen LogP contribution in [-0.4, -0.2) is 23.7 Å². The molecule has 1 aliphatic carbocycles. The van der Waals surface area contributed by atoms with Crippen LogP contribution in [0.1, 0.15) is 43.2 Å². The van der Waals surface area contributed by atoms with Gasteiger partial charge < -0.3 is 15.2 Å². The summed E-state index contributed by atoms with van der Waals surface area (Å²) in [5.74, 6) is -0.384. The Morgan fingerprint density at radius 3 is 2.57 bits per heavy atom. The molecule has 28 heavy (non-hydrogen) atoms. The second-order valence-electron chi connectivity index (χ2n) is 7.65. The van der Waals surface area contributed by atoms with Crippen molar-refractivity contribution in [3.05, 3.63) is 58.3 Å². The van der Waals surface area contributed by atoms with E-state index in [4.69, 9.17) is 16.3 Å². The highest BCUT2D eigenvalue weighted by Gasteiger charge is 2.49. The molecule has 0 unspecified atom stereocenters. The van der Waals surface area contributed by atoms with Gasteiger partial charge in [0.05, 0.1) is 0 Å². The highest BCUT2D eigenvalue weighted by molar-refractivity contribution is 6.34. The lowest BCUT2D eigenvalue weighted by molar-refractivity contribution is -0.149. The normalized spacial score (nSPS) is 18.5. The van der Waals surface area contributed by atoms with E-state index in [1.54, 1.807) is 6.07 Å². The Hall–Kier alpha value is -2.46. The van der Waals surface area contributed by atoms with Crippen molar-refractivity contribution >= 4 is 28.8 Å². The number of hydrogen-bond donors (Lipinski definition) is 2. The van der Waals surface area contributed by atoms with Crippen LogP contribution in [0.5, 0.6) is 0 Å². The van der Waals surface area contributed by atoms with Crippen molar-refractivity contribution in [3.63, 3.8) is 0 Å². The van der Waals surface area contributed by atoms with Crippen LogP contribution >= 0.6 is 11.6 Å². The van der Waals surface area contributed by atoms with Gasteiger partial charge in [0, 0.05) is 23.3 Å². The number of aliphatic hydroxyl groups is 1. The van der Waals surface area contributed by atoms with E-state index in [2.05, 4.69) is 5.32 Å². The largest absolute Gasteiger partial charge is 0.507 e. The van der Waals surface area contributed by atoms with E-state index < -0.39 is 11.6 Å². The van der Waals surface area contributed by atoms with Crippen LogP contribution in [0.3, 0.4) is 0 Å². The number of aryl methyl sites for hydroxylation is 1. The van der Waals surface area contributed by atoms with Gasteiger partial charge in [-0.2, -0.15) is 0 Å². The highest BCUT2D eigenvalue weighted by Crippen LogP contribution is 2.46. The van der Waals surface area contributed by atoms with E-state index in [0.717, 1.165) is 41.6 Å². The summed E-state index contributed by atoms with van der Waals surface area (Å²) in [6, 6.07) is 11.7. The van der Waals surface area contributed by atoms with Crippen LogP contribution in [-0.2, 0) is 9.53 Å². The lowest BCUT2D eigenvalue weighted by atomic mass is 9.82. The maximum Gasteiger partial charge on any atom is 0.343 e. The molecule has 0 atom stereocenters. The standard InChI is InChI=1S/C23H24ClNO3/c1-14-11-18(15-7-6-8-16(12-15)25-2)19(24)13-17(14)20-21(26)23(28-22(20)27)9-4-3-5-10-23/h6-8,11-13,25-26H,3-5,9-10H2,1-2H3. The topological polar surface area (TPSA) is 58.6 Å². The van der Waals surface area contributed by atoms with Gasteiger partial charge in [0.25, 0.3) is 0 Å². The molecular weight excluding hydrogens is 374 g/mol. The summed E-state index contributed by atoms with van der Waals surface area (Å²) in [6.07, 6.45) is 4.36. The SMILES string of the molecule is CNc1cccc(-c2cc(C)c(C3=C(O)C4(CCCCC4)OC3=O)cc2Cl)c1. The van der Waals surface area contributed by atoms with Crippen LogP contribution in [0.2, 0.25) is 5.02 Å². The molecule has 0 aromatic heterocycles. The highest BCUT2D eigenvalue weighted by atomic mass is 35.5. The van der Waals surface area contributed by atoms with Crippen LogP contribution in [0.15, 0.2) is 42.2 Å². The van der Waals surface area contributed by atoms with Gasteiger partial charge in [-0.1, -0.05) is 30.2 Å². The summed E-state index contributed by atoms with van der Waals surface area (Å²) in [6.45, 7) is 1.93. The predicted octanol–water partition coefficient (Wildman–Crippen LogP) is 5.89. The Labute approximate surface area is 170 Å². The number of anilines is 1. The van der Waals surface area contributed by atoms with Gasteiger partial charge in [-0.25, -0.2) is 4.79 Å². The van der Waals surface area contributed by atoms with Gasteiger partial charge in [0.15, 0.2) is 11.4 Å². The predicted molar refractivity (Wildman–Crippen MR) is 113 cm³/mol. The van der Waals surface area contributed by atoms with Gasteiger partial charge in [-0.3, -0.25) is 0 Å². The molecule has 2 aliphatic rings. The molecule has 0 radical (unpaired) electrons. The van der Waals surface area contributed by atoms with Crippen molar-refractivity contribution in [2.45, 2.75) is 44.6 Å². The summed E-state index contributed by atoms with van der Waals surface area (Å²) in [7, 11) is 1.87. The molecule has 0 bridgehead atoms. The molecule has 4 rings (SSSR count). The maximum atomic E-state index is 12.7. The second kappa shape index (κ2) is 7.17. The first-order valence-corrected chi connectivity index (χ1v) is 10.1. The second-order valence-corrected chi connectivity index (χ2v) is 8.05. The monoisotopic (exact) mass is 397 g/mol. The van der Waals surface area contributed by atoms with Crippen molar-refractivity contribution in [3.8, 4) is 11.1 Å². The third-order valence-corrected chi connectivity index (χ3v) is 6.18. The first kappa shape index (κ1) is 18.9. The first-order chi connectivity index (χ1) is 13.4. The minimum Gasteiger partial charge on any atom is -0.507 e. The Kier molecular flexibility index (Phi) is 4.84. The summed E-state index contributed by atoms with van der Waals surface area (Å²) < 4.78 is 5.69. The Morgan fingerprint density at radius 1 is 1.11 bits per heavy atom. The Bertz CT molecular complexity index is 974. The average Bonchev–Trinajstić information content (AvgIpc) is 2.93. The number of nitrogens with one attached hydrogen (secondary N) is 1. The third kappa shape index (κ3) is 3.06. The van der Waals surface area contributed by atoms with Crippen molar-refractivity contribution in [2.24, 2.45) is 0 Å². The first-order valence-electron chi connectivity index (χ1n) is 9.71. The number of aliphatic hydroxyl groups excluding tert-OH is 1. The molecule has 0 amide bonds. The van der Waals surface area contributed by atoms with E-state index in [1.165, 1.54) is 0 Å². The van der Waals surface area contributed by atoms with Gasteiger partial charge in [0.2, 0.25) is 0 Å². The molecular formula is C23H24ClNO3. The average molecular weight is 398 g/mol. The van der Waals surface area contributed by atoms with Crippen molar-refractivity contribution in [2.75, 3.05) is 12.4 Å². The molecule has 1 saturated carbocycles. The zero-order chi connectivity index (χ0) is 19.9. The fourth-order valence-corrected chi connectivity index (χ4v) is 4.59. The number of hydrogen-bond acceptors (Lipinski definition) is 4. The molecule has 2 aromatic rings. The Balaban J connectivity index is 1.79. The van der Waals surface area contributed by atoms with E-state index in [9.17, 15) is 9.90 Å². The minimum absolute atomic E-state index is 0.0706. The smallest absolute Gasteiger partial charge is 0.343 e. The number of carbonyl (C=O) groups is 1. The van der Waals surface area contributed by atoms with E-state index in [0.29, 0.717) is 23.4 Å². The number of esters is 1. The van der Waals surface area contributed by atoms with Crippen molar-refractivity contribution < 1.29 is 14.6 Å². The summed E-state index contributed by atoms with van der Waals surface area (Å²) in [4.78, 5) is 12.7. The molecule has 1 heterocycles. The van der Waals surface area contributed by atoms with Crippen LogP contribution in [0.25, 0.3) is 16.7 Å². The molecule has 146 valence electrons. The van der Waals surface area contributed by atoms with Crippen LogP contribution in [0.4, 0.5) is 5.69 Å². The molecule has 1 fully saturated rings. The minimum atomic E-state index is -0.844. The lowest BCUT2D eigenvalue weighted by Crippen LogP contribution is -2.34. The molecule has 1 aliphatic heterocycles. The fraction of sp³-hybridized carbons (Fsp3) is 0.348. The van der Waals surface area contributed by atoms with Crippen LogP contribution in [0, 0.1) is 6.92 Å². The molecule has 5 heteroatoms. The molecule has 2 aromatic carbocycles. The van der Waals surface area contributed by atoms with Crippen molar-refractivity contribution in [1.29, 1.82) is 0 Å². The zero-order valence-corrected chi connectivity index (χ0v) is 16.9. The third-order valence-electron chi connectivity index (χ3n) is 5.87. The number of halogens is 1. The van der Waals surface area contributed by atoms with Gasteiger partial charge in [-0.15, -0.1) is 0 Å². The van der Waals surface area contributed by atoms with Gasteiger partial charge in [-0.05, 0) is 73.6 Å². The molecule has 1 spiro atoms. The Morgan fingerprint density at radius 2 is 1.86 bits per heavy atom. The molecule has 0 saturated heterocycles. The summed E-state index contributed by atoms with van der Waals surface area (Å²) >= 11 is 6.61. The zero-order valence-electron chi connectivity index (χ0n) is 16.1. The molecule has 2 N–H and O–H groups in total. The fourth-order valence-electron chi connectivity index (χ4n) is 4.31. The van der Waals surface area contributed by atoms with E-state index in [-0.39, 0.29) is 11.3 Å². The molecule has 4 nitrogen and oxygen atoms in total. The quantitative estimate of drug-likeness (QED) is 0.634. The van der Waals surface area contributed by atoms with Gasteiger partial charge in [0.1, 0.15) is 5.57 Å². The number of carbonyl (C=O) groups excluding carboxylic acids is 1. The number of ether oxygens (including phenoxy) is 1. The number of rotatable bonds is 3. The lowest BCUT2D eigenvalue weighted by Gasteiger charge is -2.31. The van der Waals surface area contributed by atoms with Crippen LogP contribution < -0.4 is 5.32 Å². The maximum absolute atomic E-state index is 12.7. The van der Waals surface area contributed by atoms with E-state index >= 15 is 0 Å². The number of benzene rings is 2. The van der Waals surface area contributed by atoms with Crippen molar-refractivity contribution in [1.82, 2.24) is 0 Å². The summed E-state index contributed by atoms with van der Waals surface area (Å²) in [5.41, 5.74) is 3.81.